The number of nitrogens with one attached hydrogen (secondary N) is 1. The van der Waals surface area contributed by atoms with Gasteiger partial charge in [0.1, 0.15) is 0 Å². The van der Waals surface area contributed by atoms with Crippen molar-refractivity contribution in [2.75, 3.05) is 6.54 Å². The molecule has 1 aromatic carbocycles. The molecule has 0 aliphatic heterocycles. The van der Waals surface area contributed by atoms with Gasteiger partial charge in [-0.3, -0.25) is 0 Å². The highest BCUT2D eigenvalue weighted by Crippen LogP contribution is 2.43. The first-order valence-electron chi connectivity index (χ1n) is 7.68. The van der Waals surface area contributed by atoms with Gasteiger partial charge in [-0.25, -0.2) is 0 Å². The molecule has 0 spiro atoms. The quantitative estimate of drug-likeness (QED) is 0.709. The van der Waals surface area contributed by atoms with E-state index in [0.717, 1.165) is 11.6 Å². The molecule has 106 valence electrons. The molecule has 2 rings (SSSR count). The van der Waals surface area contributed by atoms with Crippen LogP contribution in [-0.2, 0) is 0 Å². The zero-order valence-electron chi connectivity index (χ0n) is 12.2. The van der Waals surface area contributed by atoms with Crippen LogP contribution in [0.3, 0.4) is 0 Å². The van der Waals surface area contributed by atoms with Crippen LogP contribution in [0.15, 0.2) is 24.3 Å². The van der Waals surface area contributed by atoms with E-state index in [1.54, 1.807) is 0 Å². The minimum Gasteiger partial charge on any atom is -0.309 e. The fourth-order valence-corrected chi connectivity index (χ4v) is 3.17. The summed E-state index contributed by atoms with van der Waals surface area (Å²) in [6.07, 6.45) is 7.92. The highest BCUT2D eigenvalue weighted by Gasteiger charge is 2.35. The summed E-state index contributed by atoms with van der Waals surface area (Å²) < 4.78 is 0. The number of rotatable bonds is 7. The zero-order valence-corrected chi connectivity index (χ0v) is 13.0. The Bertz CT molecular complexity index is 375. The van der Waals surface area contributed by atoms with Crippen LogP contribution in [0.2, 0.25) is 5.02 Å². The van der Waals surface area contributed by atoms with Crippen molar-refractivity contribution in [2.24, 2.45) is 5.41 Å². The van der Waals surface area contributed by atoms with E-state index in [1.807, 2.05) is 12.1 Å². The number of benzene rings is 1. The fraction of sp³-hybridized carbons (Fsp3) is 0.647. The standard InChI is InChI=1S/C17H26ClN/c1-3-6-16(14-7-9-15(18)10-8-14)19-13-17(4-2)11-5-12-17/h7-10,16,19H,3-6,11-13H2,1-2H3. The van der Waals surface area contributed by atoms with E-state index < -0.39 is 0 Å². The van der Waals surface area contributed by atoms with Crippen LogP contribution in [-0.4, -0.2) is 6.54 Å². The van der Waals surface area contributed by atoms with Gasteiger partial charge in [-0.2, -0.15) is 0 Å². The first-order chi connectivity index (χ1) is 9.19. The molecule has 1 N–H and O–H groups in total. The van der Waals surface area contributed by atoms with Crippen molar-refractivity contribution in [3.05, 3.63) is 34.9 Å². The van der Waals surface area contributed by atoms with Gasteiger partial charge in [0, 0.05) is 17.6 Å². The molecule has 1 aromatic rings. The lowest BCUT2D eigenvalue weighted by Gasteiger charge is -2.42. The van der Waals surface area contributed by atoms with Crippen molar-refractivity contribution >= 4 is 11.6 Å². The Labute approximate surface area is 122 Å². The minimum absolute atomic E-state index is 0.478. The van der Waals surface area contributed by atoms with Crippen molar-refractivity contribution in [3.63, 3.8) is 0 Å². The third-order valence-corrected chi connectivity index (χ3v) is 4.99. The van der Waals surface area contributed by atoms with Gasteiger partial charge in [0.2, 0.25) is 0 Å². The molecule has 1 nitrogen and oxygen atoms in total. The average Bonchev–Trinajstić information content (AvgIpc) is 2.38. The number of halogens is 1. The highest BCUT2D eigenvalue weighted by molar-refractivity contribution is 6.30. The molecule has 2 heteroatoms. The van der Waals surface area contributed by atoms with Crippen LogP contribution in [0.5, 0.6) is 0 Å². The van der Waals surface area contributed by atoms with E-state index in [1.165, 1.54) is 44.1 Å². The van der Waals surface area contributed by atoms with Crippen molar-refractivity contribution in [2.45, 2.75) is 58.4 Å². The summed E-state index contributed by atoms with van der Waals surface area (Å²) in [5, 5.41) is 4.63. The first kappa shape index (κ1) is 14.9. The summed E-state index contributed by atoms with van der Waals surface area (Å²) in [6, 6.07) is 8.80. The number of hydrogen-bond donors (Lipinski definition) is 1. The molecule has 0 aromatic heterocycles. The van der Waals surface area contributed by atoms with Gasteiger partial charge in [0.25, 0.3) is 0 Å². The molecule has 1 aliphatic rings. The first-order valence-corrected chi connectivity index (χ1v) is 8.06. The Morgan fingerprint density at radius 2 is 1.89 bits per heavy atom. The van der Waals surface area contributed by atoms with Crippen molar-refractivity contribution in [3.8, 4) is 0 Å². The maximum absolute atomic E-state index is 5.98. The summed E-state index contributed by atoms with van der Waals surface area (Å²) in [5.74, 6) is 0. The molecular formula is C17H26ClN. The zero-order chi connectivity index (χ0) is 13.7. The van der Waals surface area contributed by atoms with Crippen LogP contribution in [0.25, 0.3) is 0 Å². The van der Waals surface area contributed by atoms with E-state index in [9.17, 15) is 0 Å². The predicted octanol–water partition coefficient (Wildman–Crippen LogP) is 5.35. The molecule has 0 bridgehead atoms. The largest absolute Gasteiger partial charge is 0.309 e. The van der Waals surface area contributed by atoms with Gasteiger partial charge in [0.05, 0.1) is 0 Å². The Morgan fingerprint density at radius 1 is 1.21 bits per heavy atom. The molecule has 1 aliphatic carbocycles. The molecule has 1 saturated carbocycles. The van der Waals surface area contributed by atoms with E-state index >= 15 is 0 Å². The summed E-state index contributed by atoms with van der Waals surface area (Å²) in [6.45, 7) is 5.75. The van der Waals surface area contributed by atoms with Crippen LogP contribution < -0.4 is 5.32 Å². The van der Waals surface area contributed by atoms with Gasteiger partial charge in [-0.1, -0.05) is 50.4 Å². The Balaban J connectivity index is 1.97. The van der Waals surface area contributed by atoms with E-state index in [2.05, 4.69) is 31.3 Å². The lowest BCUT2D eigenvalue weighted by Crippen LogP contribution is -2.40. The molecule has 0 heterocycles. The smallest absolute Gasteiger partial charge is 0.0406 e. The number of hydrogen-bond acceptors (Lipinski definition) is 1. The molecule has 1 atom stereocenters. The fourth-order valence-electron chi connectivity index (χ4n) is 3.04. The lowest BCUT2D eigenvalue weighted by molar-refractivity contribution is 0.118. The third-order valence-electron chi connectivity index (χ3n) is 4.74. The van der Waals surface area contributed by atoms with Crippen molar-refractivity contribution in [1.29, 1.82) is 0 Å². The summed E-state index contributed by atoms with van der Waals surface area (Å²) in [4.78, 5) is 0. The van der Waals surface area contributed by atoms with Crippen LogP contribution in [0, 0.1) is 5.41 Å². The molecule has 1 unspecified atom stereocenters. The lowest BCUT2D eigenvalue weighted by atomic mass is 9.67. The van der Waals surface area contributed by atoms with Gasteiger partial charge >= 0.3 is 0 Å². The summed E-state index contributed by atoms with van der Waals surface area (Å²) in [5.41, 5.74) is 1.95. The predicted molar refractivity (Wildman–Crippen MR) is 83.7 cm³/mol. The SMILES string of the molecule is CCCC(NCC1(CC)CCC1)c1ccc(Cl)cc1. The molecule has 1 fully saturated rings. The van der Waals surface area contributed by atoms with Gasteiger partial charge in [-0.05, 0) is 48.8 Å². The van der Waals surface area contributed by atoms with Crippen LogP contribution in [0.1, 0.15) is 64.0 Å². The van der Waals surface area contributed by atoms with Crippen LogP contribution >= 0.6 is 11.6 Å². The van der Waals surface area contributed by atoms with Gasteiger partial charge < -0.3 is 5.32 Å². The maximum Gasteiger partial charge on any atom is 0.0406 e. The molecular weight excluding hydrogens is 254 g/mol. The van der Waals surface area contributed by atoms with Crippen molar-refractivity contribution in [1.82, 2.24) is 5.32 Å². The van der Waals surface area contributed by atoms with E-state index in [0.29, 0.717) is 11.5 Å². The van der Waals surface area contributed by atoms with E-state index in [4.69, 9.17) is 11.6 Å². The normalized spacial score (nSPS) is 18.9. The van der Waals surface area contributed by atoms with Crippen molar-refractivity contribution < 1.29 is 0 Å². The third kappa shape index (κ3) is 3.73. The molecule has 0 amide bonds. The van der Waals surface area contributed by atoms with E-state index in [-0.39, 0.29) is 0 Å². The summed E-state index contributed by atoms with van der Waals surface area (Å²) >= 11 is 5.98. The second-order valence-corrected chi connectivity index (χ2v) is 6.42. The monoisotopic (exact) mass is 279 g/mol. The average molecular weight is 280 g/mol. The Kier molecular flexibility index (Phi) is 5.29. The molecule has 19 heavy (non-hydrogen) atoms. The topological polar surface area (TPSA) is 12.0 Å². The maximum atomic E-state index is 5.98. The van der Waals surface area contributed by atoms with Gasteiger partial charge in [-0.15, -0.1) is 0 Å². The Hall–Kier alpha value is -0.530. The molecule has 0 radical (unpaired) electrons. The second-order valence-electron chi connectivity index (χ2n) is 5.98. The van der Waals surface area contributed by atoms with Gasteiger partial charge in [0.15, 0.2) is 0 Å². The minimum atomic E-state index is 0.478. The van der Waals surface area contributed by atoms with Crippen LogP contribution in [0.4, 0.5) is 0 Å². The Morgan fingerprint density at radius 3 is 2.37 bits per heavy atom. The highest BCUT2D eigenvalue weighted by atomic mass is 35.5. The summed E-state index contributed by atoms with van der Waals surface area (Å²) in [7, 11) is 0. The second kappa shape index (κ2) is 6.76. The molecule has 0 saturated heterocycles.